The molecule has 0 aliphatic heterocycles. The Morgan fingerprint density at radius 1 is 1.38 bits per heavy atom. The van der Waals surface area contributed by atoms with Crippen molar-refractivity contribution in [2.75, 3.05) is 0 Å². The van der Waals surface area contributed by atoms with Gasteiger partial charge in [0.1, 0.15) is 5.82 Å². The zero-order chi connectivity index (χ0) is 9.84. The Kier molecular flexibility index (Phi) is 3.02. The summed E-state index contributed by atoms with van der Waals surface area (Å²) in [7, 11) is 0. The van der Waals surface area contributed by atoms with Crippen molar-refractivity contribution in [2.24, 2.45) is 0 Å². The monoisotopic (exact) mass is 177 g/mol. The first-order chi connectivity index (χ1) is 6.15. The van der Waals surface area contributed by atoms with Gasteiger partial charge in [-0.15, -0.1) is 0 Å². The second-order valence-electron chi connectivity index (χ2n) is 3.21. The number of halogens is 1. The van der Waals surface area contributed by atoms with Gasteiger partial charge in [0.25, 0.3) is 0 Å². The number of nitriles is 1. The molecule has 68 valence electrons. The molecule has 0 spiro atoms. The van der Waals surface area contributed by atoms with Crippen LogP contribution >= 0.6 is 0 Å². The van der Waals surface area contributed by atoms with Crippen LogP contribution in [0.2, 0.25) is 0 Å². The van der Waals surface area contributed by atoms with Gasteiger partial charge in [-0.3, -0.25) is 0 Å². The molecule has 1 rings (SSSR count). The molecule has 0 heterocycles. The van der Waals surface area contributed by atoms with Crippen molar-refractivity contribution in [3.63, 3.8) is 0 Å². The lowest BCUT2D eigenvalue weighted by atomic mass is 10.0. The molecule has 2 heteroatoms. The number of benzene rings is 1. The van der Waals surface area contributed by atoms with Gasteiger partial charge in [0.05, 0.1) is 6.07 Å². The molecule has 0 bridgehead atoms. The highest BCUT2D eigenvalue weighted by Gasteiger charge is 2.05. The van der Waals surface area contributed by atoms with Crippen molar-refractivity contribution in [3.05, 3.63) is 34.6 Å². The average molecular weight is 177 g/mol. The van der Waals surface area contributed by atoms with E-state index in [0.29, 0.717) is 24.0 Å². The average Bonchev–Trinajstić information content (AvgIpc) is 2.09. The molecule has 0 aromatic heterocycles. The van der Waals surface area contributed by atoms with E-state index >= 15 is 0 Å². The van der Waals surface area contributed by atoms with Crippen LogP contribution in [0, 0.1) is 31.0 Å². The minimum atomic E-state index is -0.166. The lowest BCUT2D eigenvalue weighted by molar-refractivity contribution is 0.600. The van der Waals surface area contributed by atoms with Crippen LogP contribution in [0.1, 0.15) is 23.1 Å². The number of hydrogen-bond acceptors (Lipinski definition) is 1. The first-order valence-corrected chi connectivity index (χ1v) is 4.27. The third-order valence-electron chi connectivity index (χ3n) is 1.98. The molecular weight excluding hydrogens is 165 g/mol. The quantitative estimate of drug-likeness (QED) is 0.681. The Bertz CT molecular complexity index is 350. The van der Waals surface area contributed by atoms with E-state index in [1.807, 2.05) is 19.1 Å². The maximum Gasteiger partial charge on any atom is 0.129 e. The van der Waals surface area contributed by atoms with Gasteiger partial charge in [0, 0.05) is 6.42 Å². The lowest BCUT2D eigenvalue weighted by Crippen LogP contribution is -1.94. The zero-order valence-electron chi connectivity index (χ0n) is 7.89. The molecule has 0 atom stereocenters. The third kappa shape index (κ3) is 2.29. The molecular formula is C11H12FN. The van der Waals surface area contributed by atoms with Crippen molar-refractivity contribution in [2.45, 2.75) is 26.7 Å². The third-order valence-corrected chi connectivity index (χ3v) is 1.98. The molecule has 0 saturated carbocycles. The summed E-state index contributed by atoms with van der Waals surface area (Å²) >= 11 is 0. The fourth-order valence-electron chi connectivity index (χ4n) is 1.41. The molecule has 0 saturated heterocycles. The minimum absolute atomic E-state index is 0.166. The molecule has 0 aliphatic carbocycles. The lowest BCUT2D eigenvalue weighted by Gasteiger charge is -2.05. The van der Waals surface area contributed by atoms with E-state index in [9.17, 15) is 4.39 Å². The van der Waals surface area contributed by atoms with Crippen molar-refractivity contribution in [1.82, 2.24) is 0 Å². The molecule has 0 amide bonds. The number of aryl methyl sites for hydroxylation is 3. The van der Waals surface area contributed by atoms with Gasteiger partial charge in [-0.1, -0.05) is 17.7 Å². The van der Waals surface area contributed by atoms with Gasteiger partial charge in [-0.2, -0.15) is 5.26 Å². The van der Waals surface area contributed by atoms with E-state index in [0.717, 1.165) is 5.56 Å². The second-order valence-corrected chi connectivity index (χ2v) is 3.21. The Balaban J connectivity index is 3.00. The van der Waals surface area contributed by atoms with Gasteiger partial charge in [0.15, 0.2) is 0 Å². The number of nitrogens with zero attached hydrogens (tertiary/aromatic N) is 1. The predicted molar refractivity (Wildman–Crippen MR) is 49.8 cm³/mol. The second kappa shape index (κ2) is 4.04. The molecule has 13 heavy (non-hydrogen) atoms. The van der Waals surface area contributed by atoms with Gasteiger partial charge in [-0.25, -0.2) is 4.39 Å². The molecule has 0 aliphatic rings. The summed E-state index contributed by atoms with van der Waals surface area (Å²) in [6.45, 7) is 3.68. The summed E-state index contributed by atoms with van der Waals surface area (Å²) in [5.74, 6) is -0.166. The molecule has 1 aromatic rings. The summed E-state index contributed by atoms with van der Waals surface area (Å²) in [4.78, 5) is 0. The summed E-state index contributed by atoms with van der Waals surface area (Å²) in [6, 6.07) is 5.63. The van der Waals surface area contributed by atoms with Crippen LogP contribution in [0.4, 0.5) is 4.39 Å². The van der Waals surface area contributed by atoms with Crippen molar-refractivity contribution in [3.8, 4) is 6.07 Å². The first-order valence-electron chi connectivity index (χ1n) is 4.27. The van der Waals surface area contributed by atoms with E-state index in [1.54, 1.807) is 13.0 Å². The van der Waals surface area contributed by atoms with E-state index in [1.165, 1.54) is 0 Å². The minimum Gasteiger partial charge on any atom is -0.206 e. The van der Waals surface area contributed by atoms with Crippen LogP contribution in [0.15, 0.2) is 12.1 Å². The Morgan fingerprint density at radius 3 is 2.69 bits per heavy atom. The highest BCUT2D eigenvalue weighted by molar-refractivity contribution is 5.30. The molecule has 0 N–H and O–H groups in total. The van der Waals surface area contributed by atoms with E-state index in [4.69, 9.17) is 5.26 Å². The van der Waals surface area contributed by atoms with Crippen molar-refractivity contribution in [1.29, 1.82) is 5.26 Å². The van der Waals surface area contributed by atoms with Crippen LogP contribution in [-0.4, -0.2) is 0 Å². The fraction of sp³-hybridized carbons (Fsp3) is 0.364. The Labute approximate surface area is 77.8 Å². The van der Waals surface area contributed by atoms with Gasteiger partial charge < -0.3 is 0 Å². The van der Waals surface area contributed by atoms with Gasteiger partial charge in [-0.05, 0) is 31.4 Å². The van der Waals surface area contributed by atoms with Crippen molar-refractivity contribution < 1.29 is 4.39 Å². The van der Waals surface area contributed by atoms with E-state index < -0.39 is 0 Å². The fourth-order valence-corrected chi connectivity index (χ4v) is 1.41. The predicted octanol–water partition coefficient (Wildman–Crippen LogP) is 2.90. The molecule has 0 radical (unpaired) electrons. The van der Waals surface area contributed by atoms with Crippen LogP contribution in [0.5, 0.6) is 0 Å². The number of hydrogen-bond donors (Lipinski definition) is 0. The van der Waals surface area contributed by atoms with E-state index in [-0.39, 0.29) is 5.82 Å². The summed E-state index contributed by atoms with van der Waals surface area (Å²) < 4.78 is 13.4. The van der Waals surface area contributed by atoms with Crippen molar-refractivity contribution >= 4 is 0 Å². The van der Waals surface area contributed by atoms with Gasteiger partial charge in [0.2, 0.25) is 0 Å². The maximum atomic E-state index is 13.4. The number of rotatable bonds is 2. The normalized spacial score (nSPS) is 9.69. The van der Waals surface area contributed by atoms with Crippen LogP contribution in [-0.2, 0) is 6.42 Å². The largest absolute Gasteiger partial charge is 0.206 e. The Morgan fingerprint density at radius 2 is 2.08 bits per heavy atom. The molecule has 0 unspecified atom stereocenters. The summed E-state index contributed by atoms with van der Waals surface area (Å²) in [5.41, 5.74) is 2.36. The van der Waals surface area contributed by atoms with Crippen LogP contribution < -0.4 is 0 Å². The molecule has 1 nitrogen and oxygen atoms in total. The zero-order valence-corrected chi connectivity index (χ0v) is 7.89. The summed E-state index contributed by atoms with van der Waals surface area (Å²) in [6.07, 6.45) is 0.880. The first kappa shape index (κ1) is 9.73. The highest BCUT2D eigenvalue weighted by Crippen LogP contribution is 2.16. The maximum absolute atomic E-state index is 13.4. The topological polar surface area (TPSA) is 23.8 Å². The van der Waals surface area contributed by atoms with Crippen LogP contribution in [0.25, 0.3) is 0 Å². The SMILES string of the molecule is Cc1cc(C)c(F)c(CCC#N)c1. The summed E-state index contributed by atoms with van der Waals surface area (Å²) in [5, 5.41) is 8.38. The highest BCUT2D eigenvalue weighted by atomic mass is 19.1. The van der Waals surface area contributed by atoms with Crippen LogP contribution in [0.3, 0.4) is 0 Å². The molecule has 0 fully saturated rings. The smallest absolute Gasteiger partial charge is 0.129 e. The van der Waals surface area contributed by atoms with Gasteiger partial charge >= 0.3 is 0 Å². The Hall–Kier alpha value is -1.36. The molecule has 1 aromatic carbocycles. The van der Waals surface area contributed by atoms with E-state index in [2.05, 4.69) is 0 Å². The standard InChI is InChI=1S/C11H12FN/c1-8-6-9(2)11(12)10(7-8)4-3-5-13/h6-7H,3-4H2,1-2H3.